The molecule has 0 amide bonds. The van der Waals surface area contributed by atoms with Crippen LogP contribution < -0.4 is 15.1 Å². The number of aromatic nitrogens is 2. The van der Waals surface area contributed by atoms with Gasteiger partial charge in [0.15, 0.2) is 0 Å². The average molecular weight is 375 g/mol. The molecule has 8 heteroatoms. The van der Waals surface area contributed by atoms with E-state index in [9.17, 15) is 13.2 Å². The Morgan fingerprint density at radius 1 is 1.00 bits per heavy atom. The molecule has 0 saturated carbocycles. The van der Waals surface area contributed by atoms with Crippen molar-refractivity contribution < 1.29 is 13.2 Å². The summed E-state index contributed by atoms with van der Waals surface area (Å²) in [7, 11) is -2.37. The Kier molecular flexibility index (Phi) is 4.31. The van der Waals surface area contributed by atoms with Crippen LogP contribution in [0.5, 0.6) is 5.75 Å². The maximum atomic E-state index is 12.8. The zero-order valence-corrected chi connectivity index (χ0v) is 15.8. The van der Waals surface area contributed by atoms with Crippen molar-refractivity contribution in [3.8, 4) is 5.75 Å². The van der Waals surface area contributed by atoms with Gasteiger partial charge in [0.2, 0.25) is 0 Å². The minimum absolute atomic E-state index is 0.0449. The number of ether oxygens (including phenoxy) is 1. The van der Waals surface area contributed by atoms with Gasteiger partial charge in [-0.25, -0.2) is 13.2 Å². The molecule has 2 aromatic carbocycles. The standard InChI is InChI=1S/C18H21N3O4S/c1-18(2,3)11-5-8-16(25-4)15(9-11)21-26(23,24)12-6-7-13-14(10-12)20-17(22)19-13/h5-10,21H,1-4H3,(H2,19,20,22). The maximum Gasteiger partial charge on any atom is 0.323 e. The van der Waals surface area contributed by atoms with Crippen LogP contribution in [0.4, 0.5) is 5.69 Å². The van der Waals surface area contributed by atoms with Crippen molar-refractivity contribution in [3.63, 3.8) is 0 Å². The third-order valence-corrected chi connectivity index (χ3v) is 5.47. The molecule has 7 nitrogen and oxygen atoms in total. The number of methoxy groups -OCH3 is 1. The molecule has 0 aliphatic rings. The number of hydrogen-bond donors (Lipinski definition) is 3. The highest BCUT2D eigenvalue weighted by Gasteiger charge is 2.20. The lowest BCUT2D eigenvalue weighted by atomic mass is 9.87. The Balaban J connectivity index is 2.03. The molecule has 0 radical (unpaired) electrons. The van der Waals surface area contributed by atoms with Crippen LogP contribution in [0.2, 0.25) is 0 Å². The smallest absolute Gasteiger partial charge is 0.323 e. The van der Waals surface area contributed by atoms with Crippen molar-refractivity contribution in [3.05, 3.63) is 52.4 Å². The number of imidazole rings is 1. The van der Waals surface area contributed by atoms with Gasteiger partial charge in [-0.3, -0.25) is 4.72 Å². The Morgan fingerprint density at radius 2 is 1.69 bits per heavy atom. The minimum atomic E-state index is -3.86. The molecule has 138 valence electrons. The Bertz CT molecular complexity index is 1120. The second-order valence-electron chi connectivity index (χ2n) is 7.06. The van der Waals surface area contributed by atoms with Crippen LogP contribution >= 0.6 is 0 Å². The van der Waals surface area contributed by atoms with Gasteiger partial charge >= 0.3 is 5.69 Å². The predicted molar refractivity (Wildman–Crippen MR) is 101 cm³/mol. The fraction of sp³-hybridized carbons (Fsp3) is 0.278. The van der Waals surface area contributed by atoms with E-state index in [0.717, 1.165) is 5.56 Å². The first-order valence-electron chi connectivity index (χ1n) is 8.03. The van der Waals surface area contributed by atoms with E-state index in [-0.39, 0.29) is 16.0 Å². The average Bonchev–Trinajstić information content (AvgIpc) is 2.92. The number of anilines is 1. The van der Waals surface area contributed by atoms with Gasteiger partial charge in [0, 0.05) is 0 Å². The van der Waals surface area contributed by atoms with Crippen molar-refractivity contribution in [2.45, 2.75) is 31.1 Å². The predicted octanol–water partition coefficient (Wildman–Crippen LogP) is 2.96. The summed E-state index contributed by atoms with van der Waals surface area (Å²) < 4.78 is 33.5. The molecular formula is C18H21N3O4S. The zero-order chi connectivity index (χ0) is 19.1. The molecular weight excluding hydrogens is 354 g/mol. The van der Waals surface area contributed by atoms with E-state index in [1.807, 2.05) is 26.8 Å². The van der Waals surface area contributed by atoms with Crippen molar-refractivity contribution in [1.29, 1.82) is 0 Å². The minimum Gasteiger partial charge on any atom is -0.495 e. The van der Waals surface area contributed by atoms with Gasteiger partial charge in [-0.05, 0) is 41.3 Å². The van der Waals surface area contributed by atoms with E-state index < -0.39 is 10.0 Å². The summed E-state index contributed by atoms with van der Waals surface area (Å²) in [4.78, 5) is 16.5. The number of sulfonamides is 1. The quantitative estimate of drug-likeness (QED) is 0.652. The number of fused-ring (bicyclic) bond motifs is 1. The molecule has 26 heavy (non-hydrogen) atoms. The zero-order valence-electron chi connectivity index (χ0n) is 15.0. The highest BCUT2D eigenvalue weighted by molar-refractivity contribution is 7.92. The van der Waals surface area contributed by atoms with E-state index in [1.165, 1.54) is 19.2 Å². The van der Waals surface area contributed by atoms with Gasteiger partial charge in [-0.2, -0.15) is 0 Å². The molecule has 0 unspecified atom stereocenters. The summed E-state index contributed by atoms with van der Waals surface area (Å²) in [6.07, 6.45) is 0. The van der Waals surface area contributed by atoms with E-state index in [2.05, 4.69) is 14.7 Å². The first-order valence-corrected chi connectivity index (χ1v) is 9.52. The molecule has 0 saturated heterocycles. The number of hydrogen-bond acceptors (Lipinski definition) is 4. The first kappa shape index (κ1) is 18.1. The van der Waals surface area contributed by atoms with Gasteiger partial charge in [0.25, 0.3) is 10.0 Å². The van der Waals surface area contributed by atoms with Gasteiger partial charge in [0.05, 0.1) is 28.7 Å². The summed E-state index contributed by atoms with van der Waals surface area (Å²) in [5.74, 6) is 0.428. The first-order chi connectivity index (χ1) is 12.1. The largest absolute Gasteiger partial charge is 0.495 e. The lowest BCUT2D eigenvalue weighted by Crippen LogP contribution is -2.16. The maximum absolute atomic E-state index is 12.8. The summed E-state index contributed by atoms with van der Waals surface area (Å²) in [6.45, 7) is 6.13. The molecule has 0 bridgehead atoms. The monoisotopic (exact) mass is 375 g/mol. The number of H-pyrrole nitrogens is 2. The molecule has 3 aromatic rings. The Hall–Kier alpha value is -2.74. The third kappa shape index (κ3) is 3.45. The number of nitrogens with one attached hydrogen (secondary N) is 3. The fourth-order valence-corrected chi connectivity index (χ4v) is 3.72. The highest BCUT2D eigenvalue weighted by atomic mass is 32.2. The van der Waals surface area contributed by atoms with Crippen LogP contribution in [0, 0.1) is 0 Å². The Labute approximate surface area is 151 Å². The second-order valence-corrected chi connectivity index (χ2v) is 8.74. The third-order valence-electron chi connectivity index (χ3n) is 4.11. The summed E-state index contributed by atoms with van der Waals surface area (Å²) in [6, 6.07) is 9.82. The van der Waals surface area contributed by atoms with Crippen LogP contribution in [0.3, 0.4) is 0 Å². The van der Waals surface area contributed by atoms with Gasteiger partial charge in [0.1, 0.15) is 5.75 Å². The number of rotatable bonds is 4. The lowest BCUT2D eigenvalue weighted by Gasteiger charge is -2.21. The molecule has 0 aliphatic heterocycles. The van der Waals surface area contributed by atoms with Crippen LogP contribution in [0.15, 0.2) is 46.1 Å². The SMILES string of the molecule is COc1ccc(C(C)(C)C)cc1NS(=O)(=O)c1ccc2[nH]c(=O)[nH]c2c1. The van der Waals surface area contributed by atoms with Crippen LogP contribution in [0.1, 0.15) is 26.3 Å². The number of aromatic amines is 2. The highest BCUT2D eigenvalue weighted by Crippen LogP contribution is 2.33. The van der Waals surface area contributed by atoms with E-state index in [1.54, 1.807) is 18.2 Å². The van der Waals surface area contributed by atoms with E-state index in [4.69, 9.17) is 4.74 Å². The van der Waals surface area contributed by atoms with E-state index >= 15 is 0 Å². The van der Waals surface area contributed by atoms with E-state index in [0.29, 0.717) is 22.5 Å². The summed E-state index contributed by atoms with van der Waals surface area (Å²) in [5.41, 5.74) is 1.77. The van der Waals surface area contributed by atoms with Crippen LogP contribution in [-0.4, -0.2) is 25.5 Å². The van der Waals surface area contributed by atoms with Crippen molar-refractivity contribution in [1.82, 2.24) is 9.97 Å². The van der Waals surface area contributed by atoms with Crippen LogP contribution in [-0.2, 0) is 15.4 Å². The second kappa shape index (κ2) is 6.21. The van der Waals surface area contributed by atoms with Crippen LogP contribution in [0.25, 0.3) is 11.0 Å². The Morgan fingerprint density at radius 3 is 2.35 bits per heavy atom. The topological polar surface area (TPSA) is 104 Å². The molecule has 0 fully saturated rings. The molecule has 0 aliphatic carbocycles. The molecule has 3 rings (SSSR count). The molecule has 0 spiro atoms. The normalized spacial score (nSPS) is 12.3. The lowest BCUT2D eigenvalue weighted by molar-refractivity contribution is 0.416. The molecule has 1 aromatic heterocycles. The van der Waals surface area contributed by atoms with Gasteiger partial charge < -0.3 is 14.7 Å². The molecule has 3 N–H and O–H groups in total. The van der Waals surface area contributed by atoms with Crippen molar-refractivity contribution >= 4 is 26.7 Å². The van der Waals surface area contributed by atoms with Crippen molar-refractivity contribution in [2.75, 3.05) is 11.8 Å². The fourth-order valence-electron chi connectivity index (χ4n) is 2.64. The molecule has 1 heterocycles. The number of benzene rings is 2. The van der Waals surface area contributed by atoms with Crippen molar-refractivity contribution in [2.24, 2.45) is 0 Å². The molecule has 0 atom stereocenters. The summed E-state index contributed by atoms with van der Waals surface area (Å²) in [5, 5.41) is 0. The summed E-state index contributed by atoms with van der Waals surface area (Å²) >= 11 is 0. The van der Waals surface area contributed by atoms with Gasteiger partial charge in [-0.15, -0.1) is 0 Å². The van der Waals surface area contributed by atoms with Gasteiger partial charge in [-0.1, -0.05) is 26.8 Å².